The third-order valence-electron chi connectivity index (χ3n) is 2.13. The molecule has 0 radical (unpaired) electrons. The fraction of sp³-hybridized carbons (Fsp3) is 0.0833. The molecule has 0 saturated heterocycles. The van der Waals surface area contributed by atoms with Crippen molar-refractivity contribution in [1.29, 1.82) is 0 Å². The number of nitrogens with zero attached hydrogens (tertiary/aromatic N) is 1. The number of benzene rings is 1. The largest absolute Gasteiger partial charge is 0.255 e. The molecule has 76 valence electrons. The summed E-state index contributed by atoms with van der Waals surface area (Å²) in [5, 5.41) is 0.890. The molecule has 1 heterocycles. The van der Waals surface area contributed by atoms with Crippen LogP contribution in [-0.2, 0) is 5.33 Å². The molecular formula is C12H9Br2N. The topological polar surface area (TPSA) is 12.9 Å². The Hall–Kier alpha value is -0.670. The van der Waals surface area contributed by atoms with E-state index in [1.54, 1.807) is 0 Å². The van der Waals surface area contributed by atoms with Crippen LogP contribution in [0.5, 0.6) is 0 Å². The Morgan fingerprint density at radius 1 is 1.00 bits per heavy atom. The zero-order chi connectivity index (χ0) is 10.7. The normalized spacial score (nSPS) is 10.3. The molecule has 0 atom stereocenters. The Balaban J connectivity index is 2.33. The maximum absolute atomic E-state index is 4.35. The Morgan fingerprint density at radius 2 is 1.73 bits per heavy atom. The molecule has 2 rings (SSSR count). The highest BCUT2D eigenvalue weighted by molar-refractivity contribution is 9.10. The molecule has 0 N–H and O–H groups in total. The second-order valence-electron chi connectivity index (χ2n) is 3.19. The van der Waals surface area contributed by atoms with E-state index in [4.69, 9.17) is 0 Å². The zero-order valence-corrected chi connectivity index (χ0v) is 11.1. The van der Waals surface area contributed by atoms with E-state index in [2.05, 4.69) is 61.1 Å². The lowest BCUT2D eigenvalue weighted by atomic mass is 10.1. The molecule has 15 heavy (non-hydrogen) atoms. The van der Waals surface area contributed by atoms with Crippen LogP contribution in [0.2, 0.25) is 0 Å². The highest BCUT2D eigenvalue weighted by Gasteiger charge is 1.98. The van der Waals surface area contributed by atoms with E-state index in [0.29, 0.717) is 0 Å². The minimum atomic E-state index is 0.890. The summed E-state index contributed by atoms with van der Waals surface area (Å²) in [5.41, 5.74) is 3.42. The summed E-state index contributed by atoms with van der Waals surface area (Å²) in [6, 6.07) is 12.4. The minimum Gasteiger partial charge on any atom is -0.255 e. The summed E-state index contributed by atoms with van der Waals surface area (Å²) in [5.74, 6) is 0. The minimum absolute atomic E-state index is 0.890. The molecule has 0 aliphatic carbocycles. The lowest BCUT2D eigenvalue weighted by Crippen LogP contribution is -1.83. The summed E-state index contributed by atoms with van der Waals surface area (Å²) < 4.78 is 1.00. The molecule has 0 aliphatic rings. The standard InChI is InChI=1S/C12H9Br2N/c13-7-9-1-3-10(4-2-9)12-6-5-11(14)8-15-12/h1-6,8H,7H2. The number of pyridine rings is 1. The van der Waals surface area contributed by atoms with E-state index in [-0.39, 0.29) is 0 Å². The average molecular weight is 327 g/mol. The van der Waals surface area contributed by atoms with E-state index >= 15 is 0 Å². The second kappa shape index (κ2) is 4.90. The van der Waals surface area contributed by atoms with E-state index in [1.165, 1.54) is 5.56 Å². The van der Waals surface area contributed by atoms with E-state index in [0.717, 1.165) is 21.1 Å². The van der Waals surface area contributed by atoms with Gasteiger partial charge in [0.2, 0.25) is 0 Å². The zero-order valence-electron chi connectivity index (χ0n) is 7.95. The fourth-order valence-electron chi connectivity index (χ4n) is 1.31. The van der Waals surface area contributed by atoms with Gasteiger partial charge in [0, 0.05) is 21.6 Å². The van der Waals surface area contributed by atoms with Gasteiger partial charge in [0.1, 0.15) is 0 Å². The third kappa shape index (κ3) is 2.67. The van der Waals surface area contributed by atoms with Gasteiger partial charge in [-0.25, -0.2) is 0 Å². The number of hydrogen-bond acceptors (Lipinski definition) is 1. The number of rotatable bonds is 2. The Labute approximate surface area is 106 Å². The van der Waals surface area contributed by atoms with Crippen molar-refractivity contribution in [3.63, 3.8) is 0 Å². The first-order valence-corrected chi connectivity index (χ1v) is 6.48. The van der Waals surface area contributed by atoms with Crippen molar-refractivity contribution in [2.45, 2.75) is 5.33 Å². The van der Waals surface area contributed by atoms with Crippen molar-refractivity contribution in [2.75, 3.05) is 0 Å². The van der Waals surface area contributed by atoms with Crippen LogP contribution in [0.15, 0.2) is 47.1 Å². The van der Waals surface area contributed by atoms with Crippen molar-refractivity contribution in [2.24, 2.45) is 0 Å². The first kappa shape index (κ1) is 10.8. The third-order valence-corrected chi connectivity index (χ3v) is 3.25. The molecule has 1 aromatic carbocycles. The lowest BCUT2D eigenvalue weighted by molar-refractivity contribution is 1.30. The first-order chi connectivity index (χ1) is 7.29. The predicted octanol–water partition coefficient (Wildman–Crippen LogP) is 4.41. The number of halogens is 2. The molecule has 1 nitrogen and oxygen atoms in total. The molecule has 0 bridgehead atoms. The van der Waals surface area contributed by atoms with Crippen molar-refractivity contribution in [1.82, 2.24) is 4.98 Å². The van der Waals surface area contributed by atoms with Crippen molar-refractivity contribution in [3.8, 4) is 11.3 Å². The van der Waals surface area contributed by atoms with Crippen LogP contribution < -0.4 is 0 Å². The van der Waals surface area contributed by atoms with Crippen LogP contribution in [0.25, 0.3) is 11.3 Å². The van der Waals surface area contributed by atoms with Gasteiger partial charge in [-0.3, -0.25) is 4.98 Å². The van der Waals surface area contributed by atoms with Gasteiger partial charge in [-0.2, -0.15) is 0 Å². The summed E-state index contributed by atoms with van der Waals surface area (Å²) in [4.78, 5) is 4.35. The lowest BCUT2D eigenvalue weighted by Gasteiger charge is -2.01. The van der Waals surface area contributed by atoms with Crippen LogP contribution in [-0.4, -0.2) is 4.98 Å². The van der Waals surface area contributed by atoms with Gasteiger partial charge < -0.3 is 0 Å². The number of aromatic nitrogens is 1. The summed E-state index contributed by atoms with van der Waals surface area (Å²) in [6.07, 6.45) is 1.81. The van der Waals surface area contributed by atoms with Gasteiger partial charge >= 0.3 is 0 Å². The molecule has 0 fully saturated rings. The molecule has 0 saturated carbocycles. The van der Waals surface area contributed by atoms with E-state index in [9.17, 15) is 0 Å². The molecule has 0 amide bonds. The van der Waals surface area contributed by atoms with Crippen LogP contribution in [0.3, 0.4) is 0 Å². The average Bonchev–Trinajstić information content (AvgIpc) is 2.30. The summed E-state index contributed by atoms with van der Waals surface area (Å²) in [7, 11) is 0. The Kier molecular flexibility index (Phi) is 3.54. The molecular weight excluding hydrogens is 318 g/mol. The van der Waals surface area contributed by atoms with Crippen LogP contribution in [0.4, 0.5) is 0 Å². The second-order valence-corrected chi connectivity index (χ2v) is 4.67. The van der Waals surface area contributed by atoms with Gasteiger partial charge in [0.15, 0.2) is 0 Å². The monoisotopic (exact) mass is 325 g/mol. The van der Waals surface area contributed by atoms with Crippen LogP contribution in [0, 0.1) is 0 Å². The van der Waals surface area contributed by atoms with Gasteiger partial charge in [-0.05, 0) is 33.6 Å². The molecule has 3 heteroatoms. The molecule has 1 aromatic heterocycles. The number of hydrogen-bond donors (Lipinski definition) is 0. The summed E-state index contributed by atoms with van der Waals surface area (Å²) in [6.45, 7) is 0. The maximum atomic E-state index is 4.35. The Morgan fingerprint density at radius 3 is 2.27 bits per heavy atom. The molecule has 0 unspecified atom stereocenters. The fourth-order valence-corrected chi connectivity index (χ4v) is 1.92. The van der Waals surface area contributed by atoms with E-state index < -0.39 is 0 Å². The number of alkyl halides is 1. The SMILES string of the molecule is BrCc1ccc(-c2ccc(Br)cn2)cc1. The molecule has 0 spiro atoms. The van der Waals surface area contributed by atoms with Crippen LogP contribution >= 0.6 is 31.9 Å². The molecule has 0 aliphatic heterocycles. The highest BCUT2D eigenvalue weighted by atomic mass is 79.9. The van der Waals surface area contributed by atoms with Gasteiger partial charge in [-0.1, -0.05) is 40.2 Å². The Bertz CT molecular complexity index is 434. The van der Waals surface area contributed by atoms with Gasteiger partial charge in [0.25, 0.3) is 0 Å². The van der Waals surface area contributed by atoms with Crippen molar-refractivity contribution in [3.05, 3.63) is 52.6 Å². The van der Waals surface area contributed by atoms with Crippen molar-refractivity contribution >= 4 is 31.9 Å². The van der Waals surface area contributed by atoms with E-state index in [1.807, 2.05) is 18.3 Å². The highest BCUT2D eigenvalue weighted by Crippen LogP contribution is 2.19. The first-order valence-electron chi connectivity index (χ1n) is 4.56. The predicted molar refractivity (Wildman–Crippen MR) is 70.0 cm³/mol. The maximum Gasteiger partial charge on any atom is 0.0702 e. The van der Waals surface area contributed by atoms with Gasteiger partial charge in [-0.15, -0.1) is 0 Å². The summed E-state index contributed by atoms with van der Waals surface area (Å²) >= 11 is 6.80. The van der Waals surface area contributed by atoms with Gasteiger partial charge in [0.05, 0.1) is 5.69 Å². The van der Waals surface area contributed by atoms with Crippen molar-refractivity contribution < 1.29 is 0 Å². The van der Waals surface area contributed by atoms with Crippen LogP contribution in [0.1, 0.15) is 5.56 Å². The smallest absolute Gasteiger partial charge is 0.0702 e. The molecule has 2 aromatic rings. The quantitative estimate of drug-likeness (QED) is 0.745.